The molecule has 1 N–H and O–H groups in total. The van der Waals surface area contributed by atoms with Gasteiger partial charge in [0.2, 0.25) is 0 Å². The van der Waals surface area contributed by atoms with E-state index in [1.54, 1.807) is 28.9 Å². The summed E-state index contributed by atoms with van der Waals surface area (Å²) >= 11 is 0. The van der Waals surface area contributed by atoms with E-state index in [0.29, 0.717) is 42.8 Å². The van der Waals surface area contributed by atoms with Crippen molar-refractivity contribution in [3.63, 3.8) is 0 Å². The maximum Gasteiger partial charge on any atom is 0.251 e. The zero-order chi connectivity index (χ0) is 16.7. The van der Waals surface area contributed by atoms with E-state index in [2.05, 4.69) is 34.7 Å². The Balaban J connectivity index is 1.85. The molecule has 0 aliphatic carbocycles. The molecule has 0 aliphatic heterocycles. The fraction of sp³-hybridized carbons (Fsp3) is 0.500. The van der Waals surface area contributed by atoms with Crippen molar-refractivity contribution in [2.45, 2.75) is 40.3 Å². The molecule has 0 spiro atoms. The standard InChI is InChI=1S/C16H23N5O2/c1-4-21-15(18-19-20-21)11-23-14-7-5-13(6-8-14)16(22)17-10-9-12(2)3/h5-8,12H,4,9-11H2,1-3H3,(H,17,22). The highest BCUT2D eigenvalue weighted by Gasteiger charge is 2.07. The lowest BCUT2D eigenvalue weighted by molar-refractivity contribution is 0.0952. The minimum Gasteiger partial charge on any atom is -0.486 e. The largest absolute Gasteiger partial charge is 0.486 e. The van der Waals surface area contributed by atoms with Crippen molar-refractivity contribution in [3.05, 3.63) is 35.7 Å². The number of hydrogen-bond acceptors (Lipinski definition) is 5. The summed E-state index contributed by atoms with van der Waals surface area (Å²) in [5.74, 6) is 1.86. The molecule has 1 aromatic carbocycles. The number of hydrogen-bond donors (Lipinski definition) is 1. The van der Waals surface area contributed by atoms with Crippen LogP contribution >= 0.6 is 0 Å². The summed E-state index contributed by atoms with van der Waals surface area (Å²) in [6, 6.07) is 7.06. The second-order valence-electron chi connectivity index (χ2n) is 5.66. The van der Waals surface area contributed by atoms with E-state index in [-0.39, 0.29) is 5.91 Å². The van der Waals surface area contributed by atoms with Gasteiger partial charge in [-0.15, -0.1) is 5.10 Å². The minimum atomic E-state index is -0.0628. The zero-order valence-corrected chi connectivity index (χ0v) is 13.8. The number of tetrazole rings is 1. The Bertz CT molecular complexity index is 622. The maximum absolute atomic E-state index is 12.0. The van der Waals surface area contributed by atoms with Crippen LogP contribution in [0, 0.1) is 5.92 Å². The van der Waals surface area contributed by atoms with Crippen LogP contribution in [-0.2, 0) is 13.2 Å². The molecule has 1 aromatic heterocycles. The molecule has 0 atom stereocenters. The van der Waals surface area contributed by atoms with Crippen LogP contribution in [-0.4, -0.2) is 32.7 Å². The SMILES string of the molecule is CCn1nnnc1COc1ccc(C(=O)NCCC(C)C)cc1. The van der Waals surface area contributed by atoms with E-state index in [4.69, 9.17) is 4.74 Å². The van der Waals surface area contributed by atoms with Gasteiger partial charge in [0.25, 0.3) is 5.91 Å². The molecule has 2 rings (SSSR count). The third kappa shape index (κ3) is 5.05. The zero-order valence-electron chi connectivity index (χ0n) is 13.8. The molecule has 0 saturated carbocycles. The van der Waals surface area contributed by atoms with Crippen molar-refractivity contribution >= 4 is 5.91 Å². The topological polar surface area (TPSA) is 81.9 Å². The van der Waals surface area contributed by atoms with Crippen molar-refractivity contribution in [2.24, 2.45) is 5.92 Å². The van der Waals surface area contributed by atoms with Gasteiger partial charge in [0, 0.05) is 18.7 Å². The molecule has 23 heavy (non-hydrogen) atoms. The molecule has 0 saturated heterocycles. The van der Waals surface area contributed by atoms with Crippen molar-refractivity contribution < 1.29 is 9.53 Å². The lowest BCUT2D eigenvalue weighted by Crippen LogP contribution is -2.25. The Labute approximate surface area is 136 Å². The third-order valence-electron chi connectivity index (χ3n) is 3.40. The number of amides is 1. The molecule has 7 heteroatoms. The number of aromatic nitrogens is 4. The number of nitrogens with one attached hydrogen (secondary N) is 1. The molecular weight excluding hydrogens is 294 g/mol. The smallest absolute Gasteiger partial charge is 0.251 e. The van der Waals surface area contributed by atoms with Gasteiger partial charge in [-0.2, -0.15) is 0 Å². The van der Waals surface area contributed by atoms with Gasteiger partial charge in [-0.3, -0.25) is 4.79 Å². The number of rotatable bonds is 8. The number of ether oxygens (including phenoxy) is 1. The van der Waals surface area contributed by atoms with Crippen LogP contribution in [0.15, 0.2) is 24.3 Å². The van der Waals surface area contributed by atoms with Gasteiger partial charge in [0.05, 0.1) is 0 Å². The summed E-state index contributed by atoms with van der Waals surface area (Å²) in [4.78, 5) is 12.0. The summed E-state index contributed by atoms with van der Waals surface area (Å²) in [5, 5.41) is 14.3. The average molecular weight is 317 g/mol. The molecule has 0 radical (unpaired) electrons. The molecule has 124 valence electrons. The van der Waals surface area contributed by atoms with Crippen LogP contribution in [0.5, 0.6) is 5.75 Å². The fourth-order valence-corrected chi connectivity index (χ4v) is 2.00. The first-order chi connectivity index (χ1) is 11.1. The summed E-state index contributed by atoms with van der Waals surface area (Å²) in [5.41, 5.74) is 0.625. The molecule has 2 aromatic rings. The number of nitrogens with zero attached hydrogens (tertiary/aromatic N) is 4. The first-order valence-electron chi connectivity index (χ1n) is 7.86. The van der Waals surface area contributed by atoms with Gasteiger partial charge in [0.1, 0.15) is 12.4 Å². The lowest BCUT2D eigenvalue weighted by atomic mass is 10.1. The lowest BCUT2D eigenvalue weighted by Gasteiger charge is -2.08. The number of carbonyl (C=O) groups excluding carboxylic acids is 1. The highest BCUT2D eigenvalue weighted by Crippen LogP contribution is 2.13. The average Bonchev–Trinajstić information content (AvgIpc) is 3.00. The molecule has 7 nitrogen and oxygen atoms in total. The van der Waals surface area contributed by atoms with E-state index in [0.717, 1.165) is 6.42 Å². The normalized spacial score (nSPS) is 10.8. The van der Waals surface area contributed by atoms with Crippen LogP contribution in [0.3, 0.4) is 0 Å². The fourth-order valence-electron chi connectivity index (χ4n) is 2.00. The molecule has 0 aliphatic rings. The summed E-state index contributed by atoms with van der Waals surface area (Å²) < 4.78 is 7.32. The highest BCUT2D eigenvalue weighted by atomic mass is 16.5. The van der Waals surface area contributed by atoms with Crippen LogP contribution in [0.1, 0.15) is 43.4 Å². The third-order valence-corrected chi connectivity index (χ3v) is 3.40. The number of aryl methyl sites for hydroxylation is 1. The Hall–Kier alpha value is -2.44. The highest BCUT2D eigenvalue weighted by molar-refractivity contribution is 5.94. The van der Waals surface area contributed by atoms with Crippen molar-refractivity contribution in [1.82, 2.24) is 25.5 Å². The molecule has 0 unspecified atom stereocenters. The van der Waals surface area contributed by atoms with Crippen molar-refractivity contribution in [2.75, 3.05) is 6.54 Å². The predicted octanol–water partition coefficient (Wildman–Crippen LogP) is 2.05. The van der Waals surface area contributed by atoms with E-state index < -0.39 is 0 Å². The molecule has 0 fully saturated rings. The van der Waals surface area contributed by atoms with E-state index in [9.17, 15) is 4.79 Å². The number of carbonyl (C=O) groups is 1. The second-order valence-corrected chi connectivity index (χ2v) is 5.66. The van der Waals surface area contributed by atoms with Crippen LogP contribution < -0.4 is 10.1 Å². The monoisotopic (exact) mass is 317 g/mol. The van der Waals surface area contributed by atoms with E-state index in [1.807, 2.05) is 6.92 Å². The van der Waals surface area contributed by atoms with Crippen molar-refractivity contribution in [1.29, 1.82) is 0 Å². The van der Waals surface area contributed by atoms with Gasteiger partial charge in [-0.05, 0) is 54.0 Å². The maximum atomic E-state index is 12.0. The summed E-state index contributed by atoms with van der Waals surface area (Å²) in [6.07, 6.45) is 0.971. The Kier molecular flexibility index (Phi) is 6.08. The van der Waals surface area contributed by atoms with Crippen LogP contribution in [0.2, 0.25) is 0 Å². The molecule has 1 heterocycles. The van der Waals surface area contributed by atoms with Gasteiger partial charge < -0.3 is 10.1 Å². The quantitative estimate of drug-likeness (QED) is 0.806. The predicted molar refractivity (Wildman–Crippen MR) is 86.1 cm³/mol. The molecular formula is C16H23N5O2. The number of benzene rings is 1. The first kappa shape index (κ1) is 16.9. The summed E-state index contributed by atoms with van der Waals surface area (Å²) in [6.45, 7) is 7.91. The molecule has 0 bridgehead atoms. The van der Waals surface area contributed by atoms with E-state index >= 15 is 0 Å². The Morgan fingerprint density at radius 3 is 2.70 bits per heavy atom. The molecule has 1 amide bonds. The van der Waals surface area contributed by atoms with Gasteiger partial charge in [-0.1, -0.05) is 13.8 Å². The minimum absolute atomic E-state index is 0.0628. The van der Waals surface area contributed by atoms with E-state index in [1.165, 1.54) is 0 Å². The van der Waals surface area contributed by atoms with Gasteiger partial charge >= 0.3 is 0 Å². The van der Waals surface area contributed by atoms with Crippen LogP contribution in [0.4, 0.5) is 0 Å². The second kappa shape index (κ2) is 8.26. The van der Waals surface area contributed by atoms with Gasteiger partial charge in [-0.25, -0.2) is 4.68 Å². The van der Waals surface area contributed by atoms with Gasteiger partial charge in [0.15, 0.2) is 5.82 Å². The van der Waals surface area contributed by atoms with Crippen LogP contribution in [0.25, 0.3) is 0 Å². The Morgan fingerprint density at radius 2 is 2.04 bits per heavy atom. The first-order valence-corrected chi connectivity index (χ1v) is 7.86. The van der Waals surface area contributed by atoms with Crippen molar-refractivity contribution in [3.8, 4) is 5.75 Å². The Morgan fingerprint density at radius 1 is 1.30 bits per heavy atom. The summed E-state index contributed by atoms with van der Waals surface area (Å²) in [7, 11) is 0.